The summed E-state index contributed by atoms with van der Waals surface area (Å²) in [6.07, 6.45) is 1.56. The fraction of sp³-hybridized carbons (Fsp3) is 0.111. The third-order valence-corrected chi connectivity index (χ3v) is 2.88. The summed E-state index contributed by atoms with van der Waals surface area (Å²) in [6, 6.07) is 3.31. The SMILES string of the molecule is Cn1[nH]c(=O)c(=O)nc1Sc1cc(N)ccn1. The number of hydrogen-bond acceptors (Lipinski definition) is 6. The number of H-pyrrole nitrogens is 1. The standard InChI is InChI=1S/C9H9N5O2S/c1-14-9(12-7(15)8(16)13-14)17-6-4-5(10)2-3-11-6/h2-4H,1H3,(H2,10,11)(H,13,16). The van der Waals surface area contributed by atoms with Crippen molar-refractivity contribution in [2.75, 3.05) is 5.73 Å². The van der Waals surface area contributed by atoms with Crippen molar-refractivity contribution >= 4 is 17.4 Å². The highest BCUT2D eigenvalue weighted by molar-refractivity contribution is 7.99. The van der Waals surface area contributed by atoms with Gasteiger partial charge in [-0.05, 0) is 23.9 Å². The zero-order valence-corrected chi connectivity index (χ0v) is 9.69. The van der Waals surface area contributed by atoms with E-state index in [-0.39, 0.29) is 0 Å². The van der Waals surface area contributed by atoms with Gasteiger partial charge in [0, 0.05) is 18.9 Å². The molecule has 0 spiro atoms. The Balaban J connectivity index is 2.40. The van der Waals surface area contributed by atoms with Gasteiger partial charge < -0.3 is 5.73 Å². The topological polar surface area (TPSA) is 107 Å². The average molecular weight is 251 g/mol. The van der Waals surface area contributed by atoms with Crippen molar-refractivity contribution in [3.05, 3.63) is 39.0 Å². The van der Waals surface area contributed by atoms with Crippen molar-refractivity contribution in [2.24, 2.45) is 7.05 Å². The predicted molar refractivity (Wildman–Crippen MR) is 62.9 cm³/mol. The quantitative estimate of drug-likeness (QED) is 0.703. The molecule has 0 amide bonds. The van der Waals surface area contributed by atoms with Gasteiger partial charge >= 0.3 is 11.1 Å². The first-order valence-corrected chi connectivity index (χ1v) is 5.44. The summed E-state index contributed by atoms with van der Waals surface area (Å²) in [4.78, 5) is 29.8. The Morgan fingerprint density at radius 1 is 1.47 bits per heavy atom. The number of hydrogen-bond donors (Lipinski definition) is 2. The number of nitrogens with zero attached hydrogens (tertiary/aromatic N) is 3. The first kappa shape index (κ1) is 11.4. The van der Waals surface area contributed by atoms with Gasteiger partial charge in [0.05, 0.1) is 0 Å². The molecule has 0 aliphatic rings. The van der Waals surface area contributed by atoms with Crippen LogP contribution in [0.2, 0.25) is 0 Å². The third-order valence-electron chi connectivity index (χ3n) is 1.90. The van der Waals surface area contributed by atoms with E-state index in [9.17, 15) is 9.59 Å². The first-order chi connectivity index (χ1) is 8.06. The van der Waals surface area contributed by atoms with Crippen molar-refractivity contribution in [1.29, 1.82) is 0 Å². The van der Waals surface area contributed by atoms with Crippen LogP contribution in [0.5, 0.6) is 0 Å². The number of nitrogen functional groups attached to an aromatic ring is 1. The van der Waals surface area contributed by atoms with Crippen molar-refractivity contribution in [3.63, 3.8) is 0 Å². The summed E-state index contributed by atoms with van der Waals surface area (Å²) in [5.41, 5.74) is 4.59. The molecule has 0 unspecified atom stereocenters. The van der Waals surface area contributed by atoms with Crippen LogP contribution >= 0.6 is 11.8 Å². The molecule has 17 heavy (non-hydrogen) atoms. The Labute approximate surface area is 99.7 Å². The lowest BCUT2D eigenvalue weighted by molar-refractivity contribution is 0.596. The molecule has 0 atom stereocenters. The molecule has 0 bridgehead atoms. The summed E-state index contributed by atoms with van der Waals surface area (Å²) in [7, 11) is 1.59. The average Bonchev–Trinajstić information content (AvgIpc) is 2.26. The largest absolute Gasteiger partial charge is 0.399 e. The number of aromatic nitrogens is 4. The minimum atomic E-state index is -0.825. The number of aryl methyl sites for hydroxylation is 1. The third kappa shape index (κ3) is 2.53. The van der Waals surface area contributed by atoms with Gasteiger partial charge in [-0.1, -0.05) is 0 Å². The van der Waals surface area contributed by atoms with E-state index in [1.807, 2.05) is 0 Å². The van der Waals surface area contributed by atoms with Crippen LogP contribution in [0.15, 0.2) is 38.1 Å². The van der Waals surface area contributed by atoms with Crippen LogP contribution in [0.1, 0.15) is 0 Å². The lowest BCUT2D eigenvalue weighted by atomic mass is 10.4. The Bertz CT molecular complexity index is 663. The molecule has 3 N–H and O–H groups in total. The fourth-order valence-electron chi connectivity index (χ4n) is 1.13. The molecule has 0 fully saturated rings. The minimum Gasteiger partial charge on any atom is -0.399 e. The summed E-state index contributed by atoms with van der Waals surface area (Å²) >= 11 is 1.14. The highest BCUT2D eigenvalue weighted by Crippen LogP contribution is 2.22. The van der Waals surface area contributed by atoms with Crippen LogP contribution in [0.3, 0.4) is 0 Å². The molecule has 2 aromatic heterocycles. The summed E-state index contributed by atoms with van der Waals surface area (Å²) in [5, 5.41) is 3.29. The first-order valence-electron chi connectivity index (χ1n) is 4.63. The van der Waals surface area contributed by atoms with Crippen LogP contribution in [-0.4, -0.2) is 19.7 Å². The zero-order valence-electron chi connectivity index (χ0n) is 8.88. The second-order valence-corrected chi connectivity index (χ2v) is 4.22. The van der Waals surface area contributed by atoms with Crippen molar-refractivity contribution in [1.82, 2.24) is 19.7 Å². The molecule has 2 aromatic rings. The van der Waals surface area contributed by atoms with Gasteiger partial charge in [0.15, 0.2) is 5.16 Å². The van der Waals surface area contributed by atoms with E-state index in [1.165, 1.54) is 4.68 Å². The molecular weight excluding hydrogens is 242 g/mol. The minimum absolute atomic E-state index is 0.340. The predicted octanol–water partition coefficient (Wildman–Crippen LogP) is -0.403. The van der Waals surface area contributed by atoms with E-state index < -0.39 is 11.1 Å². The molecule has 2 rings (SSSR count). The molecule has 0 radical (unpaired) electrons. The lowest BCUT2D eigenvalue weighted by Crippen LogP contribution is -2.33. The van der Waals surface area contributed by atoms with E-state index in [4.69, 9.17) is 5.73 Å². The number of nitrogens with one attached hydrogen (secondary N) is 1. The smallest absolute Gasteiger partial charge is 0.339 e. The maximum Gasteiger partial charge on any atom is 0.339 e. The summed E-state index contributed by atoms with van der Waals surface area (Å²) < 4.78 is 1.36. The van der Waals surface area contributed by atoms with Gasteiger partial charge in [-0.3, -0.25) is 19.4 Å². The summed E-state index contributed by atoms with van der Waals surface area (Å²) in [5.74, 6) is 0. The van der Waals surface area contributed by atoms with E-state index in [1.54, 1.807) is 25.4 Å². The van der Waals surface area contributed by atoms with Crippen LogP contribution in [0.25, 0.3) is 0 Å². The molecule has 2 heterocycles. The molecule has 0 aromatic carbocycles. The molecule has 0 aliphatic carbocycles. The number of rotatable bonds is 2. The van der Waals surface area contributed by atoms with Gasteiger partial charge in [-0.2, -0.15) is 4.98 Å². The molecule has 0 saturated carbocycles. The number of pyridine rings is 1. The van der Waals surface area contributed by atoms with Crippen LogP contribution in [0, 0.1) is 0 Å². The van der Waals surface area contributed by atoms with Crippen LogP contribution in [0.4, 0.5) is 5.69 Å². The van der Waals surface area contributed by atoms with Crippen LogP contribution < -0.4 is 16.9 Å². The van der Waals surface area contributed by atoms with Gasteiger partial charge in [0.25, 0.3) is 0 Å². The normalized spacial score (nSPS) is 10.4. The Kier molecular flexibility index (Phi) is 2.96. The maximum absolute atomic E-state index is 11.1. The lowest BCUT2D eigenvalue weighted by Gasteiger charge is -2.05. The number of anilines is 1. The molecule has 7 nitrogen and oxygen atoms in total. The van der Waals surface area contributed by atoms with Crippen LogP contribution in [-0.2, 0) is 7.05 Å². The highest BCUT2D eigenvalue weighted by atomic mass is 32.2. The summed E-state index contributed by atoms with van der Waals surface area (Å²) in [6.45, 7) is 0. The van der Waals surface area contributed by atoms with Gasteiger partial charge in [0.1, 0.15) is 5.03 Å². The Morgan fingerprint density at radius 2 is 2.24 bits per heavy atom. The molecule has 8 heteroatoms. The highest BCUT2D eigenvalue weighted by Gasteiger charge is 2.06. The molecule has 0 aliphatic heterocycles. The monoisotopic (exact) mass is 251 g/mol. The van der Waals surface area contributed by atoms with Gasteiger partial charge in [-0.25, -0.2) is 4.98 Å². The van der Waals surface area contributed by atoms with Gasteiger partial charge in [0.2, 0.25) is 0 Å². The van der Waals surface area contributed by atoms with Crippen molar-refractivity contribution in [3.8, 4) is 0 Å². The van der Waals surface area contributed by atoms with E-state index in [0.717, 1.165) is 11.8 Å². The fourth-order valence-corrected chi connectivity index (χ4v) is 1.93. The maximum atomic E-state index is 11.1. The molecule has 88 valence electrons. The Hall–Kier alpha value is -2.09. The molecule has 0 saturated heterocycles. The van der Waals surface area contributed by atoms with Crippen molar-refractivity contribution < 1.29 is 0 Å². The van der Waals surface area contributed by atoms with Gasteiger partial charge in [-0.15, -0.1) is 0 Å². The number of nitrogens with two attached hydrogens (primary N) is 1. The second-order valence-electron chi connectivity index (χ2n) is 3.23. The zero-order chi connectivity index (χ0) is 12.4. The van der Waals surface area contributed by atoms with E-state index in [2.05, 4.69) is 15.1 Å². The second kappa shape index (κ2) is 4.42. The van der Waals surface area contributed by atoms with E-state index in [0.29, 0.717) is 15.9 Å². The Morgan fingerprint density at radius 3 is 2.94 bits per heavy atom. The van der Waals surface area contributed by atoms with Crippen molar-refractivity contribution in [2.45, 2.75) is 10.2 Å². The van der Waals surface area contributed by atoms with E-state index >= 15 is 0 Å². The number of aromatic amines is 1. The molecular formula is C9H9N5O2S.